The average molecular weight is 296 g/mol. The number of halogens is 1. The number of methoxy groups -OCH3 is 1. The van der Waals surface area contributed by atoms with Gasteiger partial charge in [0.1, 0.15) is 11.4 Å². The minimum absolute atomic E-state index is 0.228. The van der Waals surface area contributed by atoms with Crippen LogP contribution in [0.3, 0.4) is 0 Å². The smallest absolute Gasteiger partial charge is 0.253 e. The number of rotatable bonds is 6. The predicted molar refractivity (Wildman–Crippen MR) is 78.1 cm³/mol. The fraction of sp³-hybridized carbons (Fsp3) is 0.533. The largest absolute Gasteiger partial charge is 0.382 e. The quantitative estimate of drug-likeness (QED) is 0.840. The summed E-state index contributed by atoms with van der Waals surface area (Å²) < 4.78 is 24.6. The number of benzene rings is 1. The van der Waals surface area contributed by atoms with Crippen molar-refractivity contribution in [1.29, 1.82) is 0 Å². The summed E-state index contributed by atoms with van der Waals surface area (Å²) in [5.41, 5.74) is 0.0371. The highest BCUT2D eigenvalue weighted by Gasteiger charge is 2.35. The molecule has 0 saturated carbocycles. The van der Waals surface area contributed by atoms with Gasteiger partial charge in [0.25, 0.3) is 5.91 Å². The molecule has 1 aliphatic heterocycles. The van der Waals surface area contributed by atoms with Crippen molar-refractivity contribution in [2.45, 2.75) is 18.9 Å². The summed E-state index contributed by atoms with van der Waals surface area (Å²) in [5.74, 6) is -0.760. The van der Waals surface area contributed by atoms with Crippen molar-refractivity contribution in [3.63, 3.8) is 0 Å². The maximum absolute atomic E-state index is 13.8. The van der Waals surface area contributed by atoms with Gasteiger partial charge >= 0.3 is 0 Å². The molecule has 1 atom stereocenters. The Morgan fingerprint density at radius 3 is 2.95 bits per heavy atom. The van der Waals surface area contributed by atoms with Crippen molar-refractivity contribution in [3.05, 3.63) is 29.6 Å². The molecule has 1 aromatic rings. The molecule has 2 rings (SSSR count). The molecular formula is C15H21FN2O3. The van der Waals surface area contributed by atoms with Gasteiger partial charge in [-0.3, -0.25) is 4.79 Å². The van der Waals surface area contributed by atoms with Gasteiger partial charge in [-0.1, -0.05) is 6.07 Å². The fourth-order valence-electron chi connectivity index (χ4n) is 2.37. The summed E-state index contributed by atoms with van der Waals surface area (Å²) in [5, 5.41) is 5.69. The predicted octanol–water partition coefficient (Wildman–Crippen LogP) is 1.79. The Labute approximate surface area is 123 Å². The van der Waals surface area contributed by atoms with Crippen LogP contribution in [0.1, 0.15) is 23.7 Å². The average Bonchev–Trinajstić information content (AvgIpc) is 2.96. The number of amides is 1. The topological polar surface area (TPSA) is 59.6 Å². The van der Waals surface area contributed by atoms with Gasteiger partial charge in [0.05, 0.1) is 17.9 Å². The first-order valence-electron chi connectivity index (χ1n) is 7.05. The molecule has 6 heteroatoms. The molecule has 2 N–H and O–H groups in total. The van der Waals surface area contributed by atoms with Gasteiger partial charge in [-0.05, 0) is 19.1 Å². The van der Waals surface area contributed by atoms with Crippen LogP contribution in [0, 0.1) is 5.82 Å². The van der Waals surface area contributed by atoms with Crippen LogP contribution in [0.2, 0.25) is 0 Å². The van der Waals surface area contributed by atoms with E-state index in [-0.39, 0.29) is 11.6 Å². The van der Waals surface area contributed by atoms with Crippen molar-refractivity contribution < 1.29 is 18.7 Å². The second-order valence-corrected chi connectivity index (χ2v) is 5.07. The van der Waals surface area contributed by atoms with Crippen LogP contribution < -0.4 is 10.6 Å². The molecule has 116 valence electrons. The van der Waals surface area contributed by atoms with Gasteiger partial charge in [-0.15, -0.1) is 0 Å². The zero-order valence-corrected chi connectivity index (χ0v) is 12.4. The second kappa shape index (κ2) is 6.87. The van der Waals surface area contributed by atoms with Crippen LogP contribution >= 0.6 is 0 Å². The highest BCUT2D eigenvalue weighted by atomic mass is 19.1. The molecule has 1 heterocycles. The third kappa shape index (κ3) is 3.51. The lowest BCUT2D eigenvalue weighted by atomic mass is 10.0. The van der Waals surface area contributed by atoms with Crippen LogP contribution in [0.25, 0.3) is 0 Å². The van der Waals surface area contributed by atoms with Gasteiger partial charge in [0, 0.05) is 33.2 Å². The molecule has 5 nitrogen and oxygen atoms in total. The molecule has 1 amide bonds. The number of nitrogens with one attached hydrogen (secondary N) is 2. The summed E-state index contributed by atoms with van der Waals surface area (Å²) in [7, 11) is 1.60. The SMILES string of the molecule is CCNc1c(F)cccc1C(=O)NCC1(OC)CCOC1. The number of carbonyl (C=O) groups is 1. The van der Waals surface area contributed by atoms with Crippen molar-refractivity contribution >= 4 is 11.6 Å². The summed E-state index contributed by atoms with van der Waals surface area (Å²) in [6.45, 7) is 3.80. The van der Waals surface area contributed by atoms with Gasteiger partial charge in [0.15, 0.2) is 0 Å². The molecule has 1 aliphatic rings. The Hall–Kier alpha value is -1.66. The van der Waals surface area contributed by atoms with Crippen molar-refractivity contribution in [3.8, 4) is 0 Å². The summed E-state index contributed by atoms with van der Waals surface area (Å²) in [4.78, 5) is 12.3. The Morgan fingerprint density at radius 2 is 2.33 bits per heavy atom. The van der Waals surface area contributed by atoms with E-state index in [0.717, 1.165) is 6.42 Å². The van der Waals surface area contributed by atoms with E-state index in [2.05, 4.69) is 10.6 Å². The van der Waals surface area contributed by atoms with Gasteiger partial charge < -0.3 is 20.1 Å². The molecule has 0 aromatic heterocycles. The maximum Gasteiger partial charge on any atom is 0.253 e. The third-order valence-electron chi connectivity index (χ3n) is 3.68. The van der Waals surface area contributed by atoms with Gasteiger partial charge in [-0.2, -0.15) is 0 Å². The minimum Gasteiger partial charge on any atom is -0.382 e. The van der Waals surface area contributed by atoms with Gasteiger partial charge in [0.2, 0.25) is 0 Å². The zero-order chi connectivity index (χ0) is 15.3. The van der Waals surface area contributed by atoms with Crippen LogP contribution in [0.4, 0.5) is 10.1 Å². The fourth-order valence-corrected chi connectivity index (χ4v) is 2.37. The number of hydrogen-bond acceptors (Lipinski definition) is 4. The highest BCUT2D eigenvalue weighted by Crippen LogP contribution is 2.23. The Morgan fingerprint density at radius 1 is 1.52 bits per heavy atom. The standard InChI is InChI=1S/C15H21FN2O3/c1-3-17-13-11(5-4-6-12(13)16)14(19)18-9-15(20-2)7-8-21-10-15/h4-6,17H,3,7-10H2,1-2H3,(H,18,19). The van der Waals surface area contributed by atoms with Crippen LogP contribution in [0.5, 0.6) is 0 Å². The monoisotopic (exact) mass is 296 g/mol. The van der Waals surface area contributed by atoms with Gasteiger partial charge in [-0.25, -0.2) is 4.39 Å². The molecular weight excluding hydrogens is 275 g/mol. The number of ether oxygens (including phenoxy) is 2. The molecule has 1 unspecified atom stereocenters. The Kier molecular flexibility index (Phi) is 5.14. The van der Waals surface area contributed by atoms with Crippen LogP contribution in [-0.4, -0.2) is 44.9 Å². The van der Waals surface area contributed by atoms with E-state index in [1.54, 1.807) is 13.2 Å². The van der Waals surface area contributed by atoms with Crippen molar-refractivity contribution in [1.82, 2.24) is 5.32 Å². The zero-order valence-electron chi connectivity index (χ0n) is 12.4. The lowest BCUT2D eigenvalue weighted by Gasteiger charge is -2.26. The maximum atomic E-state index is 13.8. The molecule has 0 spiro atoms. The van der Waals surface area contributed by atoms with E-state index in [0.29, 0.717) is 31.9 Å². The lowest BCUT2D eigenvalue weighted by molar-refractivity contribution is -0.0148. The molecule has 0 bridgehead atoms. The lowest BCUT2D eigenvalue weighted by Crippen LogP contribution is -2.45. The Balaban J connectivity index is 2.08. The molecule has 21 heavy (non-hydrogen) atoms. The molecule has 1 aromatic carbocycles. The van der Waals surface area contributed by atoms with E-state index in [4.69, 9.17) is 9.47 Å². The van der Waals surface area contributed by atoms with E-state index in [1.807, 2.05) is 6.92 Å². The summed E-state index contributed by atoms with van der Waals surface area (Å²) in [6, 6.07) is 4.45. The van der Waals surface area contributed by atoms with E-state index >= 15 is 0 Å². The molecule has 1 fully saturated rings. The number of anilines is 1. The van der Waals surface area contributed by atoms with E-state index < -0.39 is 11.4 Å². The third-order valence-corrected chi connectivity index (χ3v) is 3.68. The second-order valence-electron chi connectivity index (χ2n) is 5.07. The minimum atomic E-state index is -0.485. The van der Waals surface area contributed by atoms with Crippen LogP contribution in [0.15, 0.2) is 18.2 Å². The molecule has 0 radical (unpaired) electrons. The number of carbonyl (C=O) groups excluding carboxylic acids is 1. The number of para-hydroxylation sites is 1. The van der Waals surface area contributed by atoms with Crippen molar-refractivity contribution in [2.24, 2.45) is 0 Å². The first kappa shape index (κ1) is 15.7. The molecule has 1 saturated heterocycles. The summed E-state index contributed by atoms with van der Waals surface area (Å²) in [6.07, 6.45) is 0.729. The van der Waals surface area contributed by atoms with Crippen LogP contribution in [-0.2, 0) is 9.47 Å². The summed E-state index contributed by atoms with van der Waals surface area (Å²) >= 11 is 0. The van der Waals surface area contributed by atoms with Crippen molar-refractivity contribution in [2.75, 3.05) is 38.7 Å². The highest BCUT2D eigenvalue weighted by molar-refractivity contribution is 5.99. The normalized spacial score (nSPS) is 21.3. The van der Waals surface area contributed by atoms with E-state index in [1.165, 1.54) is 12.1 Å². The van der Waals surface area contributed by atoms with E-state index in [9.17, 15) is 9.18 Å². The molecule has 0 aliphatic carbocycles. The first-order chi connectivity index (χ1) is 10.1. The number of hydrogen-bond donors (Lipinski definition) is 2. The Bertz CT molecular complexity index is 502. The first-order valence-corrected chi connectivity index (χ1v) is 7.05.